The van der Waals surface area contributed by atoms with Gasteiger partial charge in [0, 0.05) is 23.7 Å². The first kappa shape index (κ1) is 10.6. The van der Waals surface area contributed by atoms with E-state index in [0.717, 1.165) is 17.6 Å². The number of nitro groups is 1. The summed E-state index contributed by atoms with van der Waals surface area (Å²) in [6.07, 6.45) is 0. The Morgan fingerprint density at radius 1 is 1.44 bits per heavy atom. The van der Waals surface area contributed by atoms with Gasteiger partial charge in [0.2, 0.25) is 0 Å². The van der Waals surface area contributed by atoms with Crippen molar-refractivity contribution in [1.29, 1.82) is 0 Å². The summed E-state index contributed by atoms with van der Waals surface area (Å²) in [6.45, 7) is 0.742. The average molecular weight is 219 g/mol. The number of H-pyrrole nitrogens is 1. The molecule has 0 atom stereocenters. The second-order valence-corrected chi connectivity index (χ2v) is 4.03. The van der Waals surface area contributed by atoms with Crippen molar-refractivity contribution >= 4 is 16.6 Å². The van der Waals surface area contributed by atoms with E-state index < -0.39 is 0 Å². The first-order chi connectivity index (χ1) is 7.58. The minimum atomic E-state index is -0.363. The fourth-order valence-electron chi connectivity index (χ4n) is 1.78. The third kappa shape index (κ3) is 1.90. The van der Waals surface area contributed by atoms with Gasteiger partial charge in [-0.05, 0) is 20.2 Å². The van der Waals surface area contributed by atoms with Gasteiger partial charge in [-0.2, -0.15) is 0 Å². The molecule has 0 bridgehead atoms. The Labute approximate surface area is 92.8 Å². The molecule has 1 aromatic heterocycles. The van der Waals surface area contributed by atoms with Gasteiger partial charge in [0.05, 0.1) is 4.92 Å². The number of hydrogen-bond donors (Lipinski definition) is 1. The number of fused-ring (bicyclic) bond motifs is 1. The smallest absolute Gasteiger partial charge is 0.293 e. The molecule has 0 aliphatic rings. The molecular weight excluding hydrogens is 206 g/mol. The van der Waals surface area contributed by atoms with Crippen LogP contribution >= 0.6 is 0 Å². The highest BCUT2D eigenvalue weighted by Gasteiger charge is 2.13. The van der Waals surface area contributed by atoms with Crippen molar-refractivity contribution in [3.63, 3.8) is 0 Å². The van der Waals surface area contributed by atoms with Crippen molar-refractivity contribution in [2.75, 3.05) is 14.1 Å². The minimum Gasteiger partial charge on any atom is -0.352 e. The van der Waals surface area contributed by atoms with Gasteiger partial charge in [0.25, 0.3) is 5.69 Å². The molecule has 0 fully saturated rings. The van der Waals surface area contributed by atoms with E-state index in [0.29, 0.717) is 5.52 Å². The normalized spacial score (nSPS) is 11.2. The SMILES string of the molecule is CN(C)Cc1cc2cccc([N+](=O)[O-])c2[nH]1. The minimum absolute atomic E-state index is 0.127. The Balaban J connectivity index is 2.52. The summed E-state index contributed by atoms with van der Waals surface area (Å²) >= 11 is 0. The van der Waals surface area contributed by atoms with Crippen LogP contribution in [0.2, 0.25) is 0 Å². The Bertz CT molecular complexity index is 531. The number of nitrogens with zero attached hydrogens (tertiary/aromatic N) is 2. The molecule has 1 N–H and O–H groups in total. The van der Waals surface area contributed by atoms with Gasteiger partial charge in [-0.1, -0.05) is 12.1 Å². The molecule has 5 nitrogen and oxygen atoms in total. The summed E-state index contributed by atoms with van der Waals surface area (Å²) in [5, 5.41) is 11.7. The molecule has 5 heteroatoms. The molecular formula is C11H13N3O2. The van der Waals surface area contributed by atoms with Crippen LogP contribution in [0.5, 0.6) is 0 Å². The third-order valence-corrected chi connectivity index (χ3v) is 2.37. The van der Waals surface area contributed by atoms with Gasteiger partial charge >= 0.3 is 0 Å². The fraction of sp³-hybridized carbons (Fsp3) is 0.273. The van der Waals surface area contributed by atoms with Crippen LogP contribution in [-0.2, 0) is 6.54 Å². The van der Waals surface area contributed by atoms with Crippen molar-refractivity contribution < 1.29 is 4.92 Å². The predicted octanol–water partition coefficient (Wildman–Crippen LogP) is 2.14. The summed E-state index contributed by atoms with van der Waals surface area (Å²) in [5.74, 6) is 0. The van der Waals surface area contributed by atoms with E-state index in [1.165, 1.54) is 6.07 Å². The first-order valence-corrected chi connectivity index (χ1v) is 4.97. The number of aromatic nitrogens is 1. The maximum atomic E-state index is 10.8. The van der Waals surface area contributed by atoms with Crippen LogP contribution in [0.3, 0.4) is 0 Å². The van der Waals surface area contributed by atoms with Crippen molar-refractivity contribution in [2.45, 2.75) is 6.54 Å². The zero-order valence-corrected chi connectivity index (χ0v) is 9.23. The lowest BCUT2D eigenvalue weighted by Crippen LogP contribution is -2.10. The van der Waals surface area contributed by atoms with Crippen LogP contribution < -0.4 is 0 Å². The van der Waals surface area contributed by atoms with Crippen molar-refractivity contribution in [2.24, 2.45) is 0 Å². The number of aromatic amines is 1. The second kappa shape index (κ2) is 3.94. The van der Waals surface area contributed by atoms with Crippen LogP contribution in [0.4, 0.5) is 5.69 Å². The monoisotopic (exact) mass is 219 g/mol. The molecule has 2 aromatic rings. The summed E-state index contributed by atoms with van der Waals surface area (Å²) in [5.41, 5.74) is 1.71. The number of rotatable bonds is 3. The number of non-ortho nitro benzene ring substituents is 1. The topological polar surface area (TPSA) is 62.2 Å². The zero-order chi connectivity index (χ0) is 11.7. The molecule has 0 amide bonds. The van der Waals surface area contributed by atoms with Gasteiger partial charge < -0.3 is 9.88 Å². The molecule has 2 rings (SSSR count). The summed E-state index contributed by atoms with van der Waals surface area (Å²) < 4.78 is 0. The molecule has 0 saturated heterocycles. The molecule has 0 unspecified atom stereocenters. The molecule has 1 aromatic carbocycles. The van der Waals surface area contributed by atoms with Crippen LogP contribution in [0, 0.1) is 10.1 Å². The largest absolute Gasteiger partial charge is 0.352 e. The van der Waals surface area contributed by atoms with E-state index in [1.807, 2.05) is 31.1 Å². The number of nitro benzene ring substituents is 1. The lowest BCUT2D eigenvalue weighted by Gasteiger charge is -2.06. The van der Waals surface area contributed by atoms with E-state index in [1.54, 1.807) is 6.07 Å². The third-order valence-electron chi connectivity index (χ3n) is 2.37. The van der Waals surface area contributed by atoms with E-state index in [9.17, 15) is 10.1 Å². The molecule has 0 radical (unpaired) electrons. The van der Waals surface area contributed by atoms with Gasteiger partial charge in [0.15, 0.2) is 0 Å². The number of benzene rings is 1. The second-order valence-electron chi connectivity index (χ2n) is 4.03. The van der Waals surface area contributed by atoms with E-state index in [4.69, 9.17) is 0 Å². The quantitative estimate of drug-likeness (QED) is 0.635. The zero-order valence-electron chi connectivity index (χ0n) is 9.23. The predicted molar refractivity (Wildman–Crippen MR) is 62.3 cm³/mol. The van der Waals surface area contributed by atoms with Crippen LogP contribution in [0.25, 0.3) is 10.9 Å². The van der Waals surface area contributed by atoms with Crippen LogP contribution in [0.15, 0.2) is 24.3 Å². The molecule has 16 heavy (non-hydrogen) atoms. The molecule has 0 aliphatic carbocycles. The lowest BCUT2D eigenvalue weighted by molar-refractivity contribution is -0.383. The van der Waals surface area contributed by atoms with Crippen LogP contribution in [0.1, 0.15) is 5.69 Å². The fourth-order valence-corrected chi connectivity index (χ4v) is 1.78. The summed E-state index contributed by atoms with van der Waals surface area (Å²) in [6, 6.07) is 7.03. The Morgan fingerprint density at radius 3 is 2.81 bits per heavy atom. The maximum absolute atomic E-state index is 10.8. The molecule has 0 spiro atoms. The van der Waals surface area contributed by atoms with Crippen molar-refractivity contribution in [1.82, 2.24) is 9.88 Å². The highest BCUT2D eigenvalue weighted by Crippen LogP contribution is 2.25. The highest BCUT2D eigenvalue weighted by molar-refractivity contribution is 5.88. The molecule has 0 saturated carbocycles. The number of hydrogen-bond acceptors (Lipinski definition) is 3. The van der Waals surface area contributed by atoms with E-state index >= 15 is 0 Å². The molecule has 84 valence electrons. The molecule has 0 aliphatic heterocycles. The van der Waals surface area contributed by atoms with E-state index in [2.05, 4.69) is 4.98 Å². The van der Waals surface area contributed by atoms with Gasteiger partial charge in [-0.15, -0.1) is 0 Å². The Hall–Kier alpha value is -1.88. The number of para-hydroxylation sites is 1. The summed E-state index contributed by atoms with van der Waals surface area (Å²) in [7, 11) is 3.92. The van der Waals surface area contributed by atoms with Crippen molar-refractivity contribution in [3.05, 3.63) is 40.1 Å². The number of nitrogens with one attached hydrogen (secondary N) is 1. The average Bonchev–Trinajstić information content (AvgIpc) is 2.57. The molecule has 1 heterocycles. The van der Waals surface area contributed by atoms with Crippen LogP contribution in [-0.4, -0.2) is 28.9 Å². The van der Waals surface area contributed by atoms with E-state index in [-0.39, 0.29) is 10.6 Å². The first-order valence-electron chi connectivity index (χ1n) is 4.97. The van der Waals surface area contributed by atoms with Gasteiger partial charge in [-0.3, -0.25) is 10.1 Å². The van der Waals surface area contributed by atoms with Gasteiger partial charge in [0.1, 0.15) is 5.52 Å². The Morgan fingerprint density at radius 2 is 2.19 bits per heavy atom. The highest BCUT2D eigenvalue weighted by atomic mass is 16.6. The maximum Gasteiger partial charge on any atom is 0.293 e. The standard InChI is InChI=1S/C11H13N3O2/c1-13(2)7-9-6-8-4-3-5-10(14(15)16)11(8)12-9/h3-6,12H,7H2,1-2H3. The van der Waals surface area contributed by atoms with Crippen molar-refractivity contribution in [3.8, 4) is 0 Å². The lowest BCUT2D eigenvalue weighted by atomic mass is 10.2. The summed E-state index contributed by atoms with van der Waals surface area (Å²) in [4.78, 5) is 15.6. The Kier molecular flexibility index (Phi) is 2.62. The van der Waals surface area contributed by atoms with Gasteiger partial charge in [-0.25, -0.2) is 0 Å².